The van der Waals surface area contributed by atoms with Gasteiger partial charge in [-0.25, -0.2) is 0 Å². The number of hydrogen-bond acceptors (Lipinski definition) is 1. The number of hydrogen-bond donors (Lipinski definition) is 2. The summed E-state index contributed by atoms with van der Waals surface area (Å²) >= 11 is 0. The van der Waals surface area contributed by atoms with Gasteiger partial charge in [0.25, 0.3) is 0 Å². The van der Waals surface area contributed by atoms with Crippen LogP contribution in [-0.4, -0.2) is 12.0 Å². The van der Waals surface area contributed by atoms with E-state index in [2.05, 4.69) is 41.5 Å². The lowest BCUT2D eigenvalue weighted by atomic mass is 10.1. The molecule has 0 spiro atoms. The van der Waals surface area contributed by atoms with Crippen LogP contribution in [0.15, 0.2) is 24.3 Å². The topological polar surface area (TPSA) is 27.8 Å². The Morgan fingerprint density at radius 3 is 2.50 bits per heavy atom. The number of aromatic amines is 1. The molecule has 1 heterocycles. The molecule has 2 aromatic rings. The second kappa shape index (κ2) is 6.33. The number of para-hydroxylation sites is 1. The molecule has 0 amide bonds. The third-order valence-electron chi connectivity index (χ3n) is 2.61. The fraction of sp³-hybridized carbons (Fsp3) is 0.429. The standard InChI is InChI=1S/C12H16N2.C2H6/c1-3-9-10-6-4-5-7-11(10)14-12(9)8-13-2;1-2/h4-7,13-14H,3,8H2,1-2H3;1-2H3. The molecule has 0 bridgehead atoms. The van der Waals surface area contributed by atoms with E-state index in [0.29, 0.717) is 0 Å². The van der Waals surface area contributed by atoms with Gasteiger partial charge in [0.05, 0.1) is 0 Å². The molecule has 0 fully saturated rings. The van der Waals surface area contributed by atoms with Gasteiger partial charge < -0.3 is 10.3 Å². The highest BCUT2D eigenvalue weighted by molar-refractivity contribution is 5.84. The molecular weight excluding hydrogens is 196 g/mol. The zero-order valence-corrected chi connectivity index (χ0v) is 10.7. The van der Waals surface area contributed by atoms with Crippen LogP contribution in [0.25, 0.3) is 10.9 Å². The van der Waals surface area contributed by atoms with Crippen LogP contribution in [0.2, 0.25) is 0 Å². The minimum atomic E-state index is 0.915. The summed E-state index contributed by atoms with van der Waals surface area (Å²) in [6, 6.07) is 8.48. The molecule has 0 atom stereocenters. The molecule has 16 heavy (non-hydrogen) atoms. The molecule has 2 N–H and O–H groups in total. The van der Waals surface area contributed by atoms with Crippen LogP contribution in [0.3, 0.4) is 0 Å². The van der Waals surface area contributed by atoms with Gasteiger partial charge in [-0.3, -0.25) is 0 Å². The van der Waals surface area contributed by atoms with E-state index >= 15 is 0 Å². The smallest absolute Gasteiger partial charge is 0.0459 e. The van der Waals surface area contributed by atoms with E-state index in [0.717, 1.165) is 13.0 Å². The first-order valence-electron chi connectivity index (χ1n) is 6.10. The van der Waals surface area contributed by atoms with Crippen molar-refractivity contribution in [3.05, 3.63) is 35.5 Å². The lowest BCUT2D eigenvalue weighted by Gasteiger charge is -1.99. The van der Waals surface area contributed by atoms with E-state index in [4.69, 9.17) is 0 Å². The summed E-state index contributed by atoms with van der Waals surface area (Å²) in [6.45, 7) is 7.12. The number of fused-ring (bicyclic) bond motifs is 1. The van der Waals surface area contributed by atoms with Crippen LogP contribution < -0.4 is 5.32 Å². The summed E-state index contributed by atoms with van der Waals surface area (Å²) in [4.78, 5) is 3.45. The highest BCUT2D eigenvalue weighted by atomic mass is 14.9. The molecule has 0 aliphatic rings. The summed E-state index contributed by atoms with van der Waals surface area (Å²) in [5.74, 6) is 0. The van der Waals surface area contributed by atoms with E-state index in [1.807, 2.05) is 20.9 Å². The van der Waals surface area contributed by atoms with Gasteiger partial charge >= 0.3 is 0 Å². The average molecular weight is 218 g/mol. The Bertz CT molecular complexity index is 429. The molecule has 0 saturated heterocycles. The van der Waals surface area contributed by atoms with Crippen LogP contribution in [0.1, 0.15) is 32.0 Å². The second-order valence-corrected chi connectivity index (χ2v) is 3.51. The highest BCUT2D eigenvalue weighted by Gasteiger charge is 2.07. The third-order valence-corrected chi connectivity index (χ3v) is 2.61. The maximum Gasteiger partial charge on any atom is 0.0459 e. The molecule has 0 aliphatic heterocycles. The van der Waals surface area contributed by atoms with Gasteiger partial charge in [-0.1, -0.05) is 39.0 Å². The Labute approximate surface area is 98.1 Å². The van der Waals surface area contributed by atoms with Crippen molar-refractivity contribution in [3.8, 4) is 0 Å². The Morgan fingerprint density at radius 2 is 1.88 bits per heavy atom. The zero-order valence-electron chi connectivity index (χ0n) is 10.7. The van der Waals surface area contributed by atoms with Crippen LogP contribution in [0, 0.1) is 0 Å². The van der Waals surface area contributed by atoms with Crippen molar-refractivity contribution < 1.29 is 0 Å². The minimum absolute atomic E-state index is 0.915. The predicted molar refractivity (Wildman–Crippen MR) is 71.8 cm³/mol. The van der Waals surface area contributed by atoms with E-state index in [9.17, 15) is 0 Å². The molecule has 0 unspecified atom stereocenters. The Morgan fingerprint density at radius 1 is 1.19 bits per heavy atom. The number of aromatic nitrogens is 1. The summed E-state index contributed by atoms with van der Waals surface area (Å²) < 4.78 is 0. The Balaban J connectivity index is 0.000000606. The number of aryl methyl sites for hydroxylation is 1. The van der Waals surface area contributed by atoms with E-state index in [1.165, 1.54) is 22.2 Å². The van der Waals surface area contributed by atoms with Gasteiger partial charge in [-0.15, -0.1) is 0 Å². The molecule has 1 aromatic carbocycles. The average Bonchev–Trinajstić information content (AvgIpc) is 2.69. The number of benzene rings is 1. The van der Waals surface area contributed by atoms with Crippen LogP contribution in [-0.2, 0) is 13.0 Å². The molecule has 0 saturated carbocycles. The lowest BCUT2D eigenvalue weighted by molar-refractivity contribution is 0.788. The van der Waals surface area contributed by atoms with Crippen LogP contribution in [0.4, 0.5) is 0 Å². The number of nitrogens with one attached hydrogen (secondary N) is 2. The fourth-order valence-electron chi connectivity index (χ4n) is 1.99. The minimum Gasteiger partial charge on any atom is -0.357 e. The van der Waals surface area contributed by atoms with Gasteiger partial charge in [-0.05, 0) is 25.1 Å². The van der Waals surface area contributed by atoms with Gasteiger partial charge in [0, 0.05) is 23.1 Å². The maximum absolute atomic E-state index is 3.45. The summed E-state index contributed by atoms with van der Waals surface area (Å²) in [5, 5.41) is 4.55. The lowest BCUT2D eigenvalue weighted by Crippen LogP contribution is -2.07. The maximum atomic E-state index is 3.45. The van der Waals surface area contributed by atoms with Crippen molar-refractivity contribution in [3.63, 3.8) is 0 Å². The number of H-pyrrole nitrogens is 1. The SMILES string of the molecule is CC.CCc1c(CNC)[nH]c2ccccc12. The predicted octanol–water partition coefficient (Wildman–Crippen LogP) is 3.48. The second-order valence-electron chi connectivity index (χ2n) is 3.51. The summed E-state index contributed by atoms with van der Waals surface area (Å²) in [7, 11) is 1.98. The molecule has 0 aliphatic carbocycles. The van der Waals surface area contributed by atoms with E-state index < -0.39 is 0 Å². The summed E-state index contributed by atoms with van der Waals surface area (Å²) in [6.07, 6.45) is 1.08. The molecule has 2 rings (SSSR count). The zero-order chi connectivity index (χ0) is 12.0. The third kappa shape index (κ3) is 2.45. The van der Waals surface area contributed by atoms with Gasteiger partial charge in [-0.2, -0.15) is 0 Å². The van der Waals surface area contributed by atoms with Crippen molar-refractivity contribution in [1.29, 1.82) is 0 Å². The molecule has 1 aromatic heterocycles. The first-order chi connectivity index (χ1) is 7.86. The molecular formula is C14H22N2. The first kappa shape index (κ1) is 12.8. The Hall–Kier alpha value is -1.28. The van der Waals surface area contributed by atoms with Crippen molar-refractivity contribution >= 4 is 10.9 Å². The van der Waals surface area contributed by atoms with Crippen LogP contribution >= 0.6 is 0 Å². The monoisotopic (exact) mass is 218 g/mol. The molecule has 0 radical (unpaired) electrons. The molecule has 2 heteroatoms. The molecule has 2 nitrogen and oxygen atoms in total. The van der Waals surface area contributed by atoms with Gasteiger partial charge in [0.15, 0.2) is 0 Å². The fourth-order valence-corrected chi connectivity index (χ4v) is 1.99. The van der Waals surface area contributed by atoms with Crippen molar-refractivity contribution in [2.24, 2.45) is 0 Å². The van der Waals surface area contributed by atoms with Crippen LogP contribution in [0.5, 0.6) is 0 Å². The highest BCUT2D eigenvalue weighted by Crippen LogP contribution is 2.22. The van der Waals surface area contributed by atoms with Crippen molar-refractivity contribution in [1.82, 2.24) is 10.3 Å². The van der Waals surface area contributed by atoms with Gasteiger partial charge in [0.2, 0.25) is 0 Å². The molecule has 88 valence electrons. The van der Waals surface area contributed by atoms with Crippen molar-refractivity contribution in [2.75, 3.05) is 7.05 Å². The van der Waals surface area contributed by atoms with E-state index in [1.54, 1.807) is 0 Å². The van der Waals surface area contributed by atoms with Gasteiger partial charge in [0.1, 0.15) is 0 Å². The summed E-state index contributed by atoms with van der Waals surface area (Å²) in [5.41, 5.74) is 4.00. The largest absolute Gasteiger partial charge is 0.357 e. The number of rotatable bonds is 3. The van der Waals surface area contributed by atoms with E-state index in [-0.39, 0.29) is 0 Å². The Kier molecular flexibility index (Phi) is 5.06. The first-order valence-corrected chi connectivity index (χ1v) is 6.10. The normalized spacial score (nSPS) is 10.0. The van der Waals surface area contributed by atoms with Crippen molar-refractivity contribution in [2.45, 2.75) is 33.7 Å². The quantitative estimate of drug-likeness (QED) is 0.811.